The molecule has 3 aromatic rings. The molecule has 0 bridgehead atoms. The fraction of sp³-hybridized carbons (Fsp3) is 0.407. The van der Waals surface area contributed by atoms with E-state index >= 15 is 0 Å². The number of nitrogens with zero attached hydrogens (tertiary/aromatic N) is 5. The predicted octanol–water partition coefficient (Wildman–Crippen LogP) is 3.31. The molecule has 1 fully saturated rings. The van der Waals surface area contributed by atoms with Crippen molar-refractivity contribution >= 4 is 23.5 Å². The Labute approximate surface area is 220 Å². The second kappa shape index (κ2) is 11.0. The monoisotopic (exact) mass is 523 g/mol. The normalized spacial score (nSPS) is 17.9. The number of hydrogen-bond acceptors (Lipinski definition) is 7. The summed E-state index contributed by atoms with van der Waals surface area (Å²) < 4.78 is 12.1. The van der Waals surface area contributed by atoms with Crippen LogP contribution in [-0.4, -0.2) is 81.9 Å². The van der Waals surface area contributed by atoms with Gasteiger partial charge in [0.15, 0.2) is 11.4 Å². The van der Waals surface area contributed by atoms with Crippen LogP contribution in [0.2, 0.25) is 5.02 Å². The van der Waals surface area contributed by atoms with Gasteiger partial charge in [0.2, 0.25) is 0 Å². The lowest BCUT2D eigenvalue weighted by Gasteiger charge is -2.40. The Morgan fingerprint density at radius 1 is 1.16 bits per heavy atom. The summed E-state index contributed by atoms with van der Waals surface area (Å²) >= 11 is 6.30. The first-order valence-corrected chi connectivity index (χ1v) is 12.9. The molecule has 0 saturated carbocycles. The summed E-state index contributed by atoms with van der Waals surface area (Å²) in [4.78, 5) is 35.2. The van der Waals surface area contributed by atoms with Crippen LogP contribution in [0.25, 0.3) is 5.69 Å². The van der Waals surface area contributed by atoms with Crippen molar-refractivity contribution in [1.29, 1.82) is 0 Å². The number of aromatic nitrogens is 3. The molecule has 9 nitrogen and oxygen atoms in total. The molecular formula is C27H30ClN5O4. The van der Waals surface area contributed by atoms with Crippen LogP contribution >= 0.6 is 11.6 Å². The molecule has 1 aromatic carbocycles. The zero-order valence-electron chi connectivity index (χ0n) is 21.0. The van der Waals surface area contributed by atoms with E-state index in [9.17, 15) is 9.59 Å². The van der Waals surface area contributed by atoms with Gasteiger partial charge >= 0.3 is 5.97 Å². The maximum absolute atomic E-state index is 14.1. The highest BCUT2D eigenvalue weighted by molar-refractivity contribution is 6.30. The first-order valence-electron chi connectivity index (χ1n) is 12.5. The van der Waals surface area contributed by atoms with Gasteiger partial charge in [-0.3, -0.25) is 9.69 Å². The summed E-state index contributed by atoms with van der Waals surface area (Å²) in [6.07, 6.45) is 3.92. The zero-order chi connectivity index (χ0) is 25.9. The Bertz CT molecular complexity index is 1300. The molecule has 0 N–H and O–H groups in total. The number of ether oxygens (including phenoxy) is 2. The van der Waals surface area contributed by atoms with Gasteiger partial charge in [-0.2, -0.15) is 5.10 Å². The molecule has 1 unspecified atom stereocenters. The average Bonchev–Trinajstić information content (AvgIpc) is 3.30. The Hall–Kier alpha value is -3.27. The molecule has 10 heteroatoms. The molecule has 37 heavy (non-hydrogen) atoms. The molecule has 0 spiro atoms. The van der Waals surface area contributed by atoms with Gasteiger partial charge in [0.1, 0.15) is 0 Å². The summed E-state index contributed by atoms with van der Waals surface area (Å²) in [5.41, 5.74) is 3.86. The highest BCUT2D eigenvalue weighted by Gasteiger charge is 2.34. The van der Waals surface area contributed by atoms with Gasteiger partial charge in [-0.25, -0.2) is 14.5 Å². The van der Waals surface area contributed by atoms with Crippen molar-refractivity contribution in [1.82, 2.24) is 24.6 Å². The van der Waals surface area contributed by atoms with Crippen LogP contribution < -0.4 is 0 Å². The summed E-state index contributed by atoms with van der Waals surface area (Å²) in [6.45, 7) is 8.07. The standard InChI is InChI=1S/C27H30ClN5O4/c1-3-37-27(35)24-18(2)15-33(30-24)23-13-21(28)14-29-25(23)26(34)32-16-20-7-5-4-6-19(20)12-22(32)17-31-8-10-36-11-9-31/h4-7,13-15,22H,3,8-12,16-17H2,1-2H3. The molecule has 2 aliphatic heterocycles. The second-order valence-corrected chi connectivity index (χ2v) is 9.76. The Kier molecular flexibility index (Phi) is 7.55. The van der Waals surface area contributed by atoms with E-state index in [1.807, 2.05) is 17.0 Å². The van der Waals surface area contributed by atoms with Crippen LogP contribution in [0.5, 0.6) is 0 Å². The van der Waals surface area contributed by atoms with E-state index in [0.717, 1.165) is 31.6 Å². The minimum atomic E-state index is -0.514. The van der Waals surface area contributed by atoms with Crippen molar-refractivity contribution < 1.29 is 19.1 Å². The van der Waals surface area contributed by atoms with Gasteiger partial charge in [-0.05, 0) is 37.5 Å². The number of esters is 1. The number of rotatable bonds is 6. The smallest absolute Gasteiger partial charge is 0.359 e. The van der Waals surface area contributed by atoms with Gasteiger partial charge in [0.25, 0.3) is 5.91 Å². The molecular weight excluding hydrogens is 494 g/mol. The SMILES string of the molecule is CCOC(=O)c1nn(-c2cc(Cl)cnc2C(=O)N2Cc3ccccc3CC2CN2CCOCC2)cc1C. The largest absolute Gasteiger partial charge is 0.461 e. The molecule has 1 atom stereocenters. The van der Waals surface area contributed by atoms with Crippen LogP contribution in [0, 0.1) is 6.92 Å². The summed E-state index contributed by atoms with van der Waals surface area (Å²) in [5.74, 6) is -0.718. The minimum Gasteiger partial charge on any atom is -0.461 e. The van der Waals surface area contributed by atoms with Crippen LogP contribution in [0.4, 0.5) is 0 Å². The lowest BCUT2D eigenvalue weighted by molar-refractivity contribution is 0.0191. The first kappa shape index (κ1) is 25.4. The highest BCUT2D eigenvalue weighted by Crippen LogP contribution is 2.28. The maximum Gasteiger partial charge on any atom is 0.359 e. The third-order valence-electron chi connectivity index (χ3n) is 6.84. The fourth-order valence-corrected chi connectivity index (χ4v) is 5.11. The molecule has 5 rings (SSSR count). The molecule has 2 aliphatic rings. The number of carbonyl (C=O) groups excluding carboxylic acids is 2. The van der Waals surface area contributed by atoms with E-state index in [0.29, 0.717) is 36.0 Å². The van der Waals surface area contributed by atoms with Crippen molar-refractivity contribution in [2.24, 2.45) is 0 Å². The van der Waals surface area contributed by atoms with Crippen molar-refractivity contribution in [3.05, 3.63) is 75.8 Å². The molecule has 1 amide bonds. The van der Waals surface area contributed by atoms with E-state index < -0.39 is 5.97 Å². The van der Waals surface area contributed by atoms with Crippen molar-refractivity contribution in [2.45, 2.75) is 32.9 Å². The number of carbonyl (C=O) groups is 2. The molecule has 0 aliphatic carbocycles. The Balaban J connectivity index is 1.50. The van der Waals surface area contributed by atoms with E-state index in [2.05, 4.69) is 27.1 Å². The van der Waals surface area contributed by atoms with Gasteiger partial charge in [0, 0.05) is 50.2 Å². The van der Waals surface area contributed by atoms with Crippen LogP contribution in [0.3, 0.4) is 0 Å². The summed E-state index contributed by atoms with van der Waals surface area (Å²) in [5, 5.41) is 4.79. The van der Waals surface area contributed by atoms with Crippen molar-refractivity contribution in [3.8, 4) is 5.69 Å². The summed E-state index contributed by atoms with van der Waals surface area (Å²) in [6, 6.07) is 9.87. The molecule has 194 valence electrons. The number of aryl methyl sites for hydroxylation is 1. The van der Waals surface area contributed by atoms with Gasteiger partial charge in [-0.1, -0.05) is 35.9 Å². The van der Waals surface area contributed by atoms with E-state index in [4.69, 9.17) is 21.1 Å². The van der Waals surface area contributed by atoms with Crippen molar-refractivity contribution in [2.75, 3.05) is 39.5 Å². The lowest BCUT2D eigenvalue weighted by Crippen LogP contribution is -2.52. The molecule has 2 aromatic heterocycles. The van der Waals surface area contributed by atoms with Gasteiger partial charge in [-0.15, -0.1) is 0 Å². The first-order chi connectivity index (χ1) is 17.9. The predicted molar refractivity (Wildman–Crippen MR) is 138 cm³/mol. The van der Waals surface area contributed by atoms with Crippen LogP contribution in [0.1, 0.15) is 44.6 Å². The molecule has 1 saturated heterocycles. The van der Waals surface area contributed by atoms with Gasteiger partial charge < -0.3 is 14.4 Å². The quantitative estimate of drug-likeness (QED) is 0.458. The third-order valence-corrected chi connectivity index (χ3v) is 7.05. The molecule has 4 heterocycles. The number of pyridine rings is 1. The second-order valence-electron chi connectivity index (χ2n) is 9.32. The van der Waals surface area contributed by atoms with Crippen LogP contribution in [-0.2, 0) is 22.4 Å². The topological polar surface area (TPSA) is 89.8 Å². The number of amides is 1. The number of morpholine rings is 1. The fourth-order valence-electron chi connectivity index (χ4n) is 4.96. The Morgan fingerprint density at radius 2 is 1.92 bits per heavy atom. The number of hydrogen-bond donors (Lipinski definition) is 0. The summed E-state index contributed by atoms with van der Waals surface area (Å²) in [7, 11) is 0. The van der Waals surface area contributed by atoms with Crippen molar-refractivity contribution in [3.63, 3.8) is 0 Å². The number of benzene rings is 1. The van der Waals surface area contributed by atoms with E-state index in [1.165, 1.54) is 16.4 Å². The van der Waals surface area contributed by atoms with E-state index in [-0.39, 0.29) is 29.9 Å². The average molecular weight is 524 g/mol. The molecule has 0 radical (unpaired) electrons. The number of fused-ring (bicyclic) bond motifs is 1. The minimum absolute atomic E-state index is 0.0275. The number of halogens is 1. The highest BCUT2D eigenvalue weighted by atomic mass is 35.5. The van der Waals surface area contributed by atoms with E-state index in [1.54, 1.807) is 26.1 Å². The van der Waals surface area contributed by atoms with Crippen LogP contribution in [0.15, 0.2) is 42.7 Å². The van der Waals surface area contributed by atoms with Gasteiger partial charge in [0.05, 0.1) is 30.5 Å². The zero-order valence-corrected chi connectivity index (χ0v) is 21.8. The third kappa shape index (κ3) is 5.39. The lowest BCUT2D eigenvalue weighted by atomic mass is 9.93. The maximum atomic E-state index is 14.1. The Morgan fingerprint density at radius 3 is 2.68 bits per heavy atom.